The molecule has 0 saturated carbocycles. The van der Waals surface area contributed by atoms with E-state index in [1.54, 1.807) is 36.4 Å². The van der Waals surface area contributed by atoms with E-state index in [2.05, 4.69) is 0 Å². The molecule has 1 aromatic heterocycles. The summed E-state index contributed by atoms with van der Waals surface area (Å²) >= 11 is 5.97. The summed E-state index contributed by atoms with van der Waals surface area (Å²) in [6.07, 6.45) is 1.36. The zero-order valence-electron chi connectivity index (χ0n) is 18.3. The van der Waals surface area contributed by atoms with Crippen LogP contribution in [0.25, 0.3) is 22.1 Å². The predicted molar refractivity (Wildman–Crippen MR) is 126 cm³/mol. The Morgan fingerprint density at radius 1 is 1.00 bits per heavy atom. The number of benzene rings is 3. The molecule has 1 atom stereocenters. The van der Waals surface area contributed by atoms with Gasteiger partial charge in [-0.1, -0.05) is 29.8 Å². The number of halogens is 1. The van der Waals surface area contributed by atoms with Gasteiger partial charge in [0.25, 0.3) is 0 Å². The topological polar surface area (TPSA) is 95.2 Å². The Labute approximate surface area is 199 Å². The van der Waals surface area contributed by atoms with Gasteiger partial charge in [0.05, 0.1) is 26.2 Å². The molecule has 0 spiro atoms. The molecular formula is C26H19ClO7. The van der Waals surface area contributed by atoms with Gasteiger partial charge in [-0.25, -0.2) is 0 Å². The molecule has 1 aliphatic rings. The normalized spacial score (nSPS) is 15.0. The first-order valence-corrected chi connectivity index (χ1v) is 10.8. The van der Waals surface area contributed by atoms with E-state index >= 15 is 0 Å². The molecule has 8 heteroatoms. The van der Waals surface area contributed by atoms with Crippen LogP contribution in [0.2, 0.25) is 5.02 Å². The number of phenolic OH excluding ortho intramolecular Hbond substituents is 1. The van der Waals surface area contributed by atoms with E-state index < -0.39 is 17.3 Å². The van der Waals surface area contributed by atoms with E-state index in [1.165, 1.54) is 26.5 Å². The van der Waals surface area contributed by atoms with E-state index in [4.69, 9.17) is 30.2 Å². The smallest absolute Gasteiger partial charge is 0.312 e. The standard InChI is InChI=1S/C26H19ClO7/c1-31-19-8-5-14(9-20(19)32-2)16-10-22(29)34-21-11-18(28)24-25(30)17(12-33-26(24)23(16)21)13-3-6-15(27)7-4-13/h3-9,11-12,16,28H,10H2,1-2H3. The van der Waals surface area contributed by atoms with Gasteiger partial charge in [0.1, 0.15) is 28.7 Å². The van der Waals surface area contributed by atoms with Crippen molar-refractivity contribution in [1.82, 2.24) is 0 Å². The lowest BCUT2D eigenvalue weighted by atomic mass is 9.84. The fourth-order valence-electron chi connectivity index (χ4n) is 4.31. The van der Waals surface area contributed by atoms with Gasteiger partial charge in [0, 0.05) is 22.6 Å². The fraction of sp³-hybridized carbons (Fsp3) is 0.154. The van der Waals surface area contributed by atoms with Crippen molar-refractivity contribution in [2.24, 2.45) is 0 Å². The third-order valence-electron chi connectivity index (χ3n) is 5.94. The molecule has 4 aromatic rings. The minimum Gasteiger partial charge on any atom is -0.507 e. The molecule has 0 aliphatic carbocycles. The number of fused-ring (bicyclic) bond motifs is 3. The van der Waals surface area contributed by atoms with Gasteiger partial charge in [-0.2, -0.15) is 0 Å². The summed E-state index contributed by atoms with van der Waals surface area (Å²) in [5.41, 5.74) is 1.86. The zero-order chi connectivity index (χ0) is 24.0. The number of esters is 1. The lowest BCUT2D eigenvalue weighted by Crippen LogP contribution is -2.22. The average Bonchev–Trinajstić information content (AvgIpc) is 2.83. The minimum absolute atomic E-state index is 0.00891. The van der Waals surface area contributed by atoms with Crippen LogP contribution in [0.15, 0.2) is 64.0 Å². The summed E-state index contributed by atoms with van der Waals surface area (Å²) in [7, 11) is 3.06. The highest BCUT2D eigenvalue weighted by Gasteiger charge is 2.34. The Bertz CT molecular complexity index is 1490. The SMILES string of the molecule is COc1ccc(C2CC(=O)Oc3cc(O)c4c(=O)c(-c5ccc(Cl)cc5)coc4c32)cc1OC. The highest BCUT2D eigenvalue weighted by molar-refractivity contribution is 6.30. The maximum absolute atomic E-state index is 13.4. The van der Waals surface area contributed by atoms with Crippen LogP contribution in [0.5, 0.6) is 23.0 Å². The van der Waals surface area contributed by atoms with E-state index in [9.17, 15) is 14.7 Å². The Morgan fingerprint density at radius 3 is 2.44 bits per heavy atom. The largest absolute Gasteiger partial charge is 0.507 e. The first-order valence-electron chi connectivity index (χ1n) is 10.4. The third kappa shape index (κ3) is 3.54. The van der Waals surface area contributed by atoms with Gasteiger partial charge in [-0.15, -0.1) is 0 Å². The molecule has 0 amide bonds. The highest BCUT2D eigenvalue weighted by Crippen LogP contribution is 2.46. The molecule has 0 radical (unpaired) electrons. The van der Waals surface area contributed by atoms with Crippen LogP contribution in [0.3, 0.4) is 0 Å². The molecule has 0 saturated heterocycles. The summed E-state index contributed by atoms with van der Waals surface area (Å²) in [5, 5.41) is 11.2. The van der Waals surface area contributed by atoms with Crippen LogP contribution in [0.4, 0.5) is 0 Å². The number of aromatic hydroxyl groups is 1. The second kappa shape index (κ2) is 8.43. The quantitative estimate of drug-likeness (QED) is 0.315. The van der Waals surface area contributed by atoms with Crippen molar-refractivity contribution in [2.45, 2.75) is 12.3 Å². The van der Waals surface area contributed by atoms with Crippen LogP contribution in [-0.4, -0.2) is 25.3 Å². The minimum atomic E-state index is -0.497. The van der Waals surface area contributed by atoms with Gasteiger partial charge in [0.15, 0.2) is 11.5 Å². The number of ether oxygens (including phenoxy) is 3. The predicted octanol–water partition coefficient (Wildman–Crippen LogP) is 5.28. The van der Waals surface area contributed by atoms with Crippen LogP contribution in [-0.2, 0) is 4.79 Å². The van der Waals surface area contributed by atoms with Gasteiger partial charge in [-0.05, 0) is 35.4 Å². The van der Waals surface area contributed by atoms with E-state index in [-0.39, 0.29) is 34.5 Å². The molecule has 0 bridgehead atoms. The summed E-state index contributed by atoms with van der Waals surface area (Å²) in [5.74, 6) is -0.119. The van der Waals surface area contributed by atoms with E-state index in [1.807, 2.05) is 6.07 Å². The maximum atomic E-state index is 13.4. The molecule has 34 heavy (non-hydrogen) atoms. The molecule has 2 heterocycles. The van der Waals surface area contributed by atoms with Crippen molar-refractivity contribution in [1.29, 1.82) is 0 Å². The summed E-state index contributed by atoms with van der Waals surface area (Å²) < 4.78 is 22.1. The molecule has 1 aliphatic heterocycles. The van der Waals surface area contributed by atoms with Crippen molar-refractivity contribution in [3.63, 3.8) is 0 Å². The second-order valence-electron chi connectivity index (χ2n) is 7.84. The van der Waals surface area contributed by atoms with Crippen molar-refractivity contribution < 1.29 is 28.5 Å². The number of hydrogen-bond acceptors (Lipinski definition) is 7. The van der Waals surface area contributed by atoms with Gasteiger partial charge in [0.2, 0.25) is 5.43 Å². The Kier molecular flexibility index (Phi) is 5.42. The average molecular weight is 479 g/mol. The van der Waals surface area contributed by atoms with Gasteiger partial charge in [-0.3, -0.25) is 9.59 Å². The fourth-order valence-corrected chi connectivity index (χ4v) is 4.44. The number of rotatable bonds is 4. The molecule has 172 valence electrons. The second-order valence-corrected chi connectivity index (χ2v) is 8.28. The van der Waals surface area contributed by atoms with Crippen LogP contribution >= 0.6 is 11.6 Å². The zero-order valence-corrected chi connectivity index (χ0v) is 19.0. The highest BCUT2D eigenvalue weighted by atomic mass is 35.5. The molecule has 0 fully saturated rings. The third-order valence-corrected chi connectivity index (χ3v) is 6.19. The Morgan fingerprint density at radius 2 is 1.74 bits per heavy atom. The van der Waals surface area contributed by atoms with Crippen molar-refractivity contribution >= 4 is 28.5 Å². The number of carbonyl (C=O) groups is 1. The first kappa shape index (κ1) is 21.9. The van der Waals surface area contributed by atoms with Gasteiger partial charge >= 0.3 is 5.97 Å². The van der Waals surface area contributed by atoms with E-state index in [0.29, 0.717) is 27.6 Å². The molecule has 7 nitrogen and oxygen atoms in total. The molecule has 1 unspecified atom stereocenters. The number of phenols is 1. The Balaban J connectivity index is 1.75. The summed E-state index contributed by atoms with van der Waals surface area (Å²) in [6.45, 7) is 0. The lowest BCUT2D eigenvalue weighted by Gasteiger charge is -2.26. The molecule has 3 aromatic carbocycles. The number of methoxy groups -OCH3 is 2. The molecular weight excluding hydrogens is 460 g/mol. The molecule has 1 N–H and O–H groups in total. The maximum Gasteiger partial charge on any atom is 0.312 e. The Hall–Kier alpha value is -3.97. The van der Waals surface area contributed by atoms with E-state index in [0.717, 1.165) is 5.56 Å². The number of hydrogen-bond donors (Lipinski definition) is 1. The van der Waals surface area contributed by atoms with Crippen molar-refractivity contribution in [3.05, 3.63) is 81.2 Å². The van der Waals surface area contributed by atoms with Crippen LogP contribution in [0.1, 0.15) is 23.5 Å². The van der Waals surface area contributed by atoms with Gasteiger partial charge < -0.3 is 23.7 Å². The van der Waals surface area contributed by atoms with Crippen molar-refractivity contribution in [2.75, 3.05) is 14.2 Å². The number of carbonyl (C=O) groups excluding carboxylic acids is 1. The monoisotopic (exact) mass is 478 g/mol. The lowest BCUT2D eigenvalue weighted by molar-refractivity contribution is -0.135. The summed E-state index contributed by atoms with van der Waals surface area (Å²) in [6, 6.07) is 13.3. The molecule has 5 rings (SSSR count). The van der Waals surface area contributed by atoms with Crippen molar-refractivity contribution in [3.8, 4) is 34.1 Å². The van der Waals surface area contributed by atoms with Crippen LogP contribution in [0, 0.1) is 0 Å². The first-order chi connectivity index (χ1) is 16.4. The van der Waals surface area contributed by atoms with Crippen LogP contribution < -0.4 is 19.6 Å². The summed E-state index contributed by atoms with van der Waals surface area (Å²) in [4.78, 5) is 25.8.